The number of rotatable bonds is 13. The SMILES string of the molecule is CCCC(NC(=O)[C@@H]1Cc2cccc(c2)Oc2ccc(cc2)C[C@H](NC(C)=O)C(=O)N[C@H](C2CCCCC2)C(=O)N1)C(O)C(=O)NCC(=O)N[C@H](C(=O)O)c1ccccc1. The summed E-state index contributed by atoms with van der Waals surface area (Å²) in [4.78, 5) is 92.6. The second kappa shape index (κ2) is 21.6. The quantitative estimate of drug-likeness (QED) is 0.125. The van der Waals surface area contributed by atoms with Gasteiger partial charge in [-0.25, -0.2) is 4.79 Å². The maximum absolute atomic E-state index is 14.4. The Morgan fingerprint density at radius 1 is 0.817 bits per heavy atom. The van der Waals surface area contributed by atoms with E-state index in [1.807, 2.05) is 0 Å². The lowest BCUT2D eigenvalue weighted by Gasteiger charge is -2.33. The van der Waals surface area contributed by atoms with Gasteiger partial charge in [0.1, 0.15) is 29.6 Å². The van der Waals surface area contributed by atoms with Crippen molar-refractivity contribution in [1.29, 1.82) is 0 Å². The van der Waals surface area contributed by atoms with E-state index in [-0.39, 0.29) is 25.2 Å². The number of aliphatic hydroxyl groups excluding tert-OH is 1. The van der Waals surface area contributed by atoms with Crippen LogP contribution >= 0.6 is 0 Å². The normalized spacial score (nSPS) is 20.1. The predicted octanol–water partition coefficient (Wildman–Crippen LogP) is 2.34. The van der Waals surface area contributed by atoms with Gasteiger partial charge in [0.2, 0.25) is 29.5 Å². The molecule has 3 aromatic rings. The fraction of sp³-hybridized carbons (Fsp3) is 0.432. The monoisotopic (exact) mass is 826 g/mol. The number of nitrogens with one attached hydrogen (secondary N) is 6. The Hall–Kier alpha value is -6.29. The molecule has 0 spiro atoms. The van der Waals surface area contributed by atoms with Crippen LogP contribution in [0.1, 0.15) is 81.5 Å². The van der Waals surface area contributed by atoms with Gasteiger partial charge >= 0.3 is 5.97 Å². The zero-order chi connectivity index (χ0) is 43.2. The van der Waals surface area contributed by atoms with Crippen LogP contribution in [-0.4, -0.2) is 88.4 Å². The van der Waals surface area contributed by atoms with Crippen LogP contribution in [0.3, 0.4) is 0 Å². The lowest BCUT2D eigenvalue weighted by Crippen LogP contribution is -2.61. The van der Waals surface area contributed by atoms with Crippen molar-refractivity contribution in [1.82, 2.24) is 31.9 Å². The molecule has 6 amide bonds. The molecule has 8 N–H and O–H groups in total. The number of aliphatic hydroxyl groups is 1. The summed E-state index contributed by atoms with van der Waals surface area (Å²) < 4.78 is 6.10. The van der Waals surface area contributed by atoms with Crippen molar-refractivity contribution in [3.63, 3.8) is 0 Å². The Morgan fingerprint density at radius 2 is 1.53 bits per heavy atom. The van der Waals surface area contributed by atoms with E-state index in [2.05, 4.69) is 31.9 Å². The third-order valence-electron chi connectivity index (χ3n) is 10.7. The molecule has 4 bridgehead atoms. The van der Waals surface area contributed by atoms with Crippen LogP contribution < -0.4 is 36.6 Å². The van der Waals surface area contributed by atoms with Gasteiger partial charge in [0.25, 0.3) is 5.91 Å². The minimum absolute atomic E-state index is 0.0406. The Labute approximate surface area is 348 Å². The number of ether oxygens (including phenoxy) is 1. The number of fused-ring (bicyclic) bond motifs is 10. The minimum atomic E-state index is -1.83. The zero-order valence-corrected chi connectivity index (χ0v) is 33.8. The number of amides is 6. The Kier molecular flexibility index (Phi) is 16.2. The zero-order valence-electron chi connectivity index (χ0n) is 33.8. The van der Waals surface area contributed by atoms with Gasteiger partial charge in [-0.2, -0.15) is 0 Å². The summed E-state index contributed by atoms with van der Waals surface area (Å²) in [7, 11) is 0. The molecular weight excluding hydrogens is 773 g/mol. The third kappa shape index (κ3) is 12.9. The molecule has 0 saturated heterocycles. The van der Waals surface area contributed by atoms with Crippen LogP contribution in [0.4, 0.5) is 0 Å². The van der Waals surface area contributed by atoms with Crippen LogP contribution in [0.25, 0.3) is 0 Å². The molecule has 1 fully saturated rings. The molecule has 16 nitrogen and oxygen atoms in total. The van der Waals surface area contributed by atoms with Gasteiger partial charge in [0.05, 0.1) is 12.6 Å². The number of carbonyl (C=O) groups excluding carboxylic acids is 6. The van der Waals surface area contributed by atoms with E-state index >= 15 is 0 Å². The number of carbonyl (C=O) groups is 7. The van der Waals surface area contributed by atoms with Gasteiger partial charge in [-0.3, -0.25) is 28.8 Å². The lowest BCUT2D eigenvalue weighted by atomic mass is 9.83. The Bertz CT molecular complexity index is 1990. The van der Waals surface area contributed by atoms with Gasteiger partial charge < -0.3 is 46.9 Å². The fourth-order valence-corrected chi connectivity index (χ4v) is 7.58. The third-order valence-corrected chi connectivity index (χ3v) is 10.7. The molecule has 16 heteroatoms. The summed E-state index contributed by atoms with van der Waals surface area (Å²) >= 11 is 0. The minimum Gasteiger partial charge on any atom is -0.479 e. The Balaban J connectivity index is 1.38. The van der Waals surface area contributed by atoms with E-state index in [9.17, 15) is 43.8 Å². The summed E-state index contributed by atoms with van der Waals surface area (Å²) in [5.74, 6) is -4.71. The number of aliphatic carboxylic acids is 1. The van der Waals surface area contributed by atoms with E-state index in [1.54, 1.807) is 73.7 Å². The highest BCUT2D eigenvalue weighted by Crippen LogP contribution is 2.28. The van der Waals surface area contributed by atoms with Crippen molar-refractivity contribution in [2.24, 2.45) is 5.92 Å². The van der Waals surface area contributed by atoms with E-state index in [0.717, 1.165) is 24.8 Å². The molecule has 0 aromatic heterocycles. The van der Waals surface area contributed by atoms with Crippen LogP contribution in [0.2, 0.25) is 0 Å². The van der Waals surface area contributed by atoms with Gasteiger partial charge in [0.15, 0.2) is 12.1 Å². The van der Waals surface area contributed by atoms with Crippen LogP contribution in [-0.2, 0) is 46.4 Å². The van der Waals surface area contributed by atoms with E-state index in [1.165, 1.54) is 19.1 Å². The molecule has 1 saturated carbocycles. The summed E-state index contributed by atoms with van der Waals surface area (Å²) in [5.41, 5.74) is 1.69. The number of hydrogen-bond acceptors (Lipinski definition) is 9. The maximum Gasteiger partial charge on any atom is 0.330 e. The topological polar surface area (TPSA) is 241 Å². The molecule has 60 heavy (non-hydrogen) atoms. The molecule has 2 unspecified atom stereocenters. The lowest BCUT2D eigenvalue weighted by molar-refractivity contribution is -0.142. The standard InChI is InChI=1S/C44H54N6O10/c1-3-11-33(39(53)43(57)45-25-36(52)49-38(44(58)59)30-15-8-5-9-16-30)47-40(54)35-24-28-12-10-17-32(22-28)60-31-20-18-27(19-21-31)23-34(46-26(2)51)41(55)50-37(42(56)48-35)29-13-6-4-7-14-29/h5,8-10,12,15-22,29,33-35,37-39,53H,3-4,6-7,11,13-14,23-25H2,1-2H3,(H,45,57)(H,46,51)(H,47,54)(H,48,56)(H,49,52)(H,50,55)(H,58,59)/t33?,34-,35-,37+,38-,39?/m0/s1. The van der Waals surface area contributed by atoms with Crippen molar-refractivity contribution in [2.45, 2.75) is 108 Å². The van der Waals surface area contributed by atoms with Crippen molar-refractivity contribution >= 4 is 41.4 Å². The van der Waals surface area contributed by atoms with Gasteiger partial charge in [-0.1, -0.05) is 87.2 Å². The first-order chi connectivity index (χ1) is 28.8. The maximum atomic E-state index is 14.4. The van der Waals surface area contributed by atoms with E-state index in [4.69, 9.17) is 4.74 Å². The van der Waals surface area contributed by atoms with Gasteiger partial charge in [-0.05, 0) is 66.1 Å². The summed E-state index contributed by atoms with van der Waals surface area (Å²) in [6, 6.07) is 16.2. The summed E-state index contributed by atoms with van der Waals surface area (Å²) in [6.45, 7) is 2.44. The number of carboxylic acids is 1. The molecule has 3 aliphatic rings. The second-order valence-electron chi connectivity index (χ2n) is 15.3. The van der Waals surface area contributed by atoms with Crippen molar-refractivity contribution in [2.75, 3.05) is 6.54 Å². The number of carboxylic acid groups (broad SMARTS) is 1. The van der Waals surface area contributed by atoms with Crippen molar-refractivity contribution in [3.05, 3.63) is 95.6 Å². The van der Waals surface area contributed by atoms with Crippen LogP contribution in [0, 0.1) is 5.92 Å². The first-order valence-electron chi connectivity index (χ1n) is 20.4. The predicted molar refractivity (Wildman–Crippen MR) is 219 cm³/mol. The Morgan fingerprint density at radius 3 is 2.20 bits per heavy atom. The first kappa shape index (κ1) is 44.8. The largest absolute Gasteiger partial charge is 0.479 e. The molecule has 6 rings (SSSR count). The average molecular weight is 827 g/mol. The summed E-state index contributed by atoms with van der Waals surface area (Å²) in [6.07, 6.45) is 2.80. The molecule has 6 atom stereocenters. The summed E-state index contributed by atoms with van der Waals surface area (Å²) in [5, 5.41) is 36.7. The van der Waals surface area contributed by atoms with Crippen molar-refractivity contribution < 1.29 is 48.5 Å². The second-order valence-corrected chi connectivity index (χ2v) is 15.3. The molecule has 2 aliphatic heterocycles. The smallest absolute Gasteiger partial charge is 0.330 e. The number of benzene rings is 3. The van der Waals surface area contributed by atoms with Crippen LogP contribution in [0.15, 0.2) is 78.9 Å². The molecule has 0 radical (unpaired) electrons. The van der Waals surface area contributed by atoms with Crippen LogP contribution in [0.5, 0.6) is 11.5 Å². The fourth-order valence-electron chi connectivity index (χ4n) is 7.58. The van der Waals surface area contributed by atoms with E-state index in [0.29, 0.717) is 41.9 Å². The van der Waals surface area contributed by atoms with Crippen molar-refractivity contribution in [3.8, 4) is 11.5 Å². The highest BCUT2D eigenvalue weighted by Gasteiger charge is 2.37. The first-order valence-corrected chi connectivity index (χ1v) is 20.4. The molecule has 3 aromatic carbocycles. The van der Waals surface area contributed by atoms with E-state index < -0.39 is 84.3 Å². The molecular formula is C44H54N6O10. The molecule has 320 valence electrons. The van der Waals surface area contributed by atoms with Gasteiger partial charge in [-0.15, -0.1) is 0 Å². The number of hydrogen-bond donors (Lipinski definition) is 8. The van der Waals surface area contributed by atoms with Gasteiger partial charge in [0, 0.05) is 19.8 Å². The molecule has 2 heterocycles. The highest BCUT2D eigenvalue weighted by atomic mass is 16.5. The molecule has 1 aliphatic carbocycles. The highest BCUT2D eigenvalue weighted by molar-refractivity contribution is 5.95. The average Bonchev–Trinajstić information content (AvgIpc) is 3.23.